The molecule has 1 atom stereocenters. The van der Waals surface area contributed by atoms with Crippen molar-refractivity contribution in [2.75, 3.05) is 31.6 Å². The van der Waals surface area contributed by atoms with E-state index in [0.717, 1.165) is 19.3 Å². The smallest absolute Gasteiger partial charge is 0.410 e. The second kappa shape index (κ2) is 11.7. The maximum Gasteiger partial charge on any atom is 0.410 e. The standard InChI is InChI=1S/C34H37ClFN5O5/c1-33(2,3)46-32(44)41-11-6-9-34(41)10-12-39(20-34)28-16-22(19-37-30(28)45-5)25-18-23(36)17-24(29(25)42)21-7-8-27(26(35)15-21)40-14-13-38(4)31(40)43/h7-8,13-19,42H,6,9-12,20H2,1-5H3. The summed E-state index contributed by atoms with van der Waals surface area (Å²) in [6, 6.07) is 9.26. The molecule has 1 unspecified atom stereocenters. The molecule has 46 heavy (non-hydrogen) atoms. The molecule has 6 rings (SSSR count). The van der Waals surface area contributed by atoms with Crippen LogP contribution in [-0.2, 0) is 11.8 Å². The molecule has 4 heterocycles. The highest BCUT2D eigenvalue weighted by atomic mass is 35.5. The van der Waals surface area contributed by atoms with Crippen LogP contribution in [0, 0.1) is 5.82 Å². The lowest BCUT2D eigenvalue weighted by atomic mass is 9.95. The highest BCUT2D eigenvalue weighted by Crippen LogP contribution is 2.45. The number of aromatic nitrogens is 3. The van der Waals surface area contributed by atoms with Gasteiger partial charge in [0.2, 0.25) is 5.88 Å². The number of halogens is 2. The van der Waals surface area contributed by atoms with Gasteiger partial charge in [0.25, 0.3) is 0 Å². The number of imidazole rings is 1. The van der Waals surface area contributed by atoms with Crippen molar-refractivity contribution >= 4 is 23.4 Å². The second-order valence-electron chi connectivity index (χ2n) is 13.0. The first-order chi connectivity index (χ1) is 21.8. The molecular formula is C34H37ClFN5O5. The number of pyridine rings is 1. The van der Waals surface area contributed by atoms with Gasteiger partial charge in [-0.15, -0.1) is 0 Å². The fraction of sp³-hybridized carbons (Fsp3) is 0.382. The van der Waals surface area contributed by atoms with E-state index in [4.69, 9.17) is 21.1 Å². The van der Waals surface area contributed by atoms with Crippen LogP contribution >= 0.6 is 11.6 Å². The molecule has 0 saturated carbocycles. The molecule has 0 aliphatic carbocycles. The Morgan fingerprint density at radius 2 is 1.78 bits per heavy atom. The average molecular weight is 650 g/mol. The first kappa shape index (κ1) is 31.5. The van der Waals surface area contributed by atoms with Crippen molar-refractivity contribution in [1.29, 1.82) is 0 Å². The topological polar surface area (TPSA) is 102 Å². The van der Waals surface area contributed by atoms with Crippen molar-refractivity contribution in [3.8, 4) is 39.6 Å². The summed E-state index contributed by atoms with van der Waals surface area (Å²) >= 11 is 6.58. The number of nitrogens with zero attached hydrogens (tertiary/aromatic N) is 5. The number of anilines is 1. The normalized spacial score (nSPS) is 18.1. The van der Waals surface area contributed by atoms with E-state index in [2.05, 4.69) is 9.88 Å². The number of phenols is 1. The maximum atomic E-state index is 15.2. The quantitative estimate of drug-likeness (QED) is 0.267. The molecule has 2 saturated heterocycles. The summed E-state index contributed by atoms with van der Waals surface area (Å²) in [4.78, 5) is 34.1. The minimum atomic E-state index is -0.596. The van der Waals surface area contributed by atoms with Gasteiger partial charge in [-0.25, -0.2) is 19.0 Å². The van der Waals surface area contributed by atoms with E-state index in [1.54, 1.807) is 37.6 Å². The number of benzene rings is 2. The number of carbonyl (C=O) groups excluding carboxylic acids is 1. The van der Waals surface area contributed by atoms with E-state index in [1.807, 2.05) is 31.7 Å². The zero-order chi connectivity index (χ0) is 33.0. The summed E-state index contributed by atoms with van der Waals surface area (Å²) < 4.78 is 29.4. The molecule has 2 aromatic carbocycles. The molecule has 2 aliphatic heterocycles. The molecule has 1 amide bonds. The largest absolute Gasteiger partial charge is 0.507 e. The van der Waals surface area contributed by atoms with Crippen LogP contribution in [-0.4, -0.2) is 68.1 Å². The second-order valence-corrected chi connectivity index (χ2v) is 13.4. The number of phenolic OH excluding ortho intramolecular Hbond substituents is 1. The summed E-state index contributed by atoms with van der Waals surface area (Å²) in [6.07, 6.45) is 6.95. The van der Waals surface area contributed by atoms with Crippen molar-refractivity contribution in [1.82, 2.24) is 19.0 Å². The third kappa shape index (κ3) is 5.68. The van der Waals surface area contributed by atoms with Crippen LogP contribution in [0.1, 0.15) is 40.0 Å². The lowest BCUT2D eigenvalue weighted by molar-refractivity contribution is 0.0111. The fourth-order valence-electron chi connectivity index (χ4n) is 6.56. The van der Waals surface area contributed by atoms with Crippen LogP contribution < -0.4 is 15.3 Å². The molecule has 0 radical (unpaired) electrons. The van der Waals surface area contributed by atoms with Gasteiger partial charge in [-0.3, -0.25) is 4.57 Å². The van der Waals surface area contributed by atoms with E-state index in [1.165, 1.54) is 34.6 Å². The van der Waals surface area contributed by atoms with Crippen molar-refractivity contribution in [3.05, 3.63) is 76.3 Å². The van der Waals surface area contributed by atoms with E-state index in [9.17, 15) is 14.7 Å². The molecule has 12 heteroatoms. The Bertz CT molecular complexity index is 1880. The minimum Gasteiger partial charge on any atom is -0.507 e. The third-order valence-corrected chi connectivity index (χ3v) is 9.06. The summed E-state index contributed by atoms with van der Waals surface area (Å²) in [5, 5.41) is 11.7. The third-order valence-electron chi connectivity index (χ3n) is 8.76. The Balaban J connectivity index is 1.33. The Labute approximate surface area is 271 Å². The van der Waals surface area contributed by atoms with Gasteiger partial charge in [-0.05, 0) is 75.9 Å². The highest BCUT2D eigenvalue weighted by Gasteiger charge is 2.50. The number of likely N-dealkylation sites (tertiary alicyclic amines) is 1. The molecule has 4 aromatic rings. The number of hydrogen-bond acceptors (Lipinski definition) is 7. The van der Waals surface area contributed by atoms with Gasteiger partial charge < -0.3 is 28.9 Å². The van der Waals surface area contributed by atoms with Crippen LogP contribution in [0.5, 0.6) is 11.6 Å². The summed E-state index contributed by atoms with van der Waals surface area (Å²) in [5.74, 6) is -0.319. The predicted octanol–water partition coefficient (Wildman–Crippen LogP) is 6.39. The molecule has 1 N–H and O–H groups in total. The van der Waals surface area contributed by atoms with Gasteiger partial charge in [-0.1, -0.05) is 17.7 Å². The Hall–Kier alpha value is -4.51. The monoisotopic (exact) mass is 649 g/mol. The van der Waals surface area contributed by atoms with E-state index >= 15 is 4.39 Å². The lowest BCUT2D eigenvalue weighted by Crippen LogP contribution is -2.50. The van der Waals surface area contributed by atoms with E-state index < -0.39 is 11.4 Å². The van der Waals surface area contributed by atoms with Gasteiger partial charge in [0.05, 0.1) is 23.4 Å². The van der Waals surface area contributed by atoms with Gasteiger partial charge in [-0.2, -0.15) is 0 Å². The zero-order valence-electron chi connectivity index (χ0n) is 26.5. The van der Waals surface area contributed by atoms with Gasteiger partial charge in [0, 0.05) is 62.0 Å². The van der Waals surface area contributed by atoms with Crippen molar-refractivity contribution in [2.24, 2.45) is 7.05 Å². The van der Waals surface area contributed by atoms with Crippen LogP contribution in [0.25, 0.3) is 27.9 Å². The maximum absolute atomic E-state index is 15.2. The van der Waals surface area contributed by atoms with Gasteiger partial charge >= 0.3 is 11.8 Å². The van der Waals surface area contributed by atoms with Crippen LogP contribution in [0.4, 0.5) is 14.9 Å². The summed E-state index contributed by atoms with van der Waals surface area (Å²) in [5.41, 5.74) is 1.35. The number of hydrogen-bond donors (Lipinski definition) is 1. The minimum absolute atomic E-state index is 0.148. The fourth-order valence-corrected chi connectivity index (χ4v) is 6.83. The van der Waals surface area contributed by atoms with E-state index in [-0.39, 0.29) is 39.2 Å². The number of rotatable bonds is 5. The number of aromatic hydroxyl groups is 1. The van der Waals surface area contributed by atoms with Crippen LogP contribution in [0.15, 0.2) is 59.8 Å². The molecule has 2 aromatic heterocycles. The number of amides is 1. The summed E-state index contributed by atoms with van der Waals surface area (Å²) in [7, 11) is 3.18. The van der Waals surface area contributed by atoms with Crippen molar-refractivity contribution < 1.29 is 23.8 Å². The molecule has 2 fully saturated rings. The number of ether oxygens (including phenoxy) is 2. The molecule has 0 bridgehead atoms. The molecule has 1 spiro atoms. The number of carbonyl (C=O) groups is 1. The van der Waals surface area contributed by atoms with E-state index in [0.29, 0.717) is 48.0 Å². The molecular weight excluding hydrogens is 613 g/mol. The van der Waals surface area contributed by atoms with Crippen molar-refractivity contribution in [2.45, 2.75) is 51.2 Å². The number of aryl methyl sites for hydroxylation is 1. The Morgan fingerprint density at radius 1 is 1.04 bits per heavy atom. The SMILES string of the molecule is COc1ncc(-c2cc(F)cc(-c3ccc(-n4ccn(C)c4=O)c(Cl)c3)c2O)cc1N1CCC2(CCCN2C(=O)OC(C)(C)C)C1. The Morgan fingerprint density at radius 3 is 2.43 bits per heavy atom. The molecule has 242 valence electrons. The predicted molar refractivity (Wildman–Crippen MR) is 175 cm³/mol. The lowest BCUT2D eigenvalue weighted by Gasteiger charge is -2.36. The van der Waals surface area contributed by atoms with Crippen LogP contribution in [0.2, 0.25) is 5.02 Å². The average Bonchev–Trinajstić information content (AvgIpc) is 3.72. The van der Waals surface area contributed by atoms with Gasteiger partial charge in [0.1, 0.15) is 22.9 Å². The number of methoxy groups -OCH3 is 1. The van der Waals surface area contributed by atoms with Crippen LogP contribution in [0.3, 0.4) is 0 Å². The van der Waals surface area contributed by atoms with Gasteiger partial charge in [0.15, 0.2) is 0 Å². The highest BCUT2D eigenvalue weighted by molar-refractivity contribution is 6.32. The first-order valence-corrected chi connectivity index (χ1v) is 15.5. The molecule has 10 nitrogen and oxygen atoms in total. The van der Waals surface area contributed by atoms with Crippen molar-refractivity contribution in [3.63, 3.8) is 0 Å². The molecule has 2 aliphatic rings. The Kier molecular flexibility index (Phi) is 8.00. The summed E-state index contributed by atoms with van der Waals surface area (Å²) in [6.45, 7) is 7.42. The first-order valence-electron chi connectivity index (χ1n) is 15.2. The zero-order valence-corrected chi connectivity index (χ0v) is 27.3.